The number of aldehydes is 1. The van der Waals surface area contributed by atoms with Crippen LogP contribution in [0.5, 0.6) is 0 Å². The lowest BCUT2D eigenvalue weighted by Gasteiger charge is -2.39. The minimum atomic E-state index is -1.56. The van der Waals surface area contributed by atoms with Crippen LogP contribution >= 0.6 is 0 Å². The molecule has 5 N–H and O–H groups in total. The number of ether oxygens (including phenoxy) is 3. The van der Waals surface area contributed by atoms with Crippen LogP contribution in [-0.4, -0.2) is 93.9 Å². The number of carbonyl (C=O) groups is 2. The summed E-state index contributed by atoms with van der Waals surface area (Å²) in [4.78, 5) is 23.3. The van der Waals surface area contributed by atoms with Gasteiger partial charge >= 0.3 is 5.97 Å². The van der Waals surface area contributed by atoms with E-state index < -0.39 is 61.4 Å². The molecule has 0 aromatic carbocycles. The second kappa shape index (κ2) is 10.1. The molecule has 2 saturated heterocycles. The summed E-state index contributed by atoms with van der Waals surface area (Å²) in [5, 5.41) is 49.8. The molecule has 2 heterocycles. The number of hydrogen-bond donors (Lipinski definition) is 5. The third-order valence-corrected chi connectivity index (χ3v) is 5.83. The van der Waals surface area contributed by atoms with E-state index in [-0.39, 0.29) is 18.6 Å². The predicted molar refractivity (Wildman–Crippen MR) is 104 cm³/mol. The Balaban J connectivity index is 1.78. The maximum atomic E-state index is 12.0. The van der Waals surface area contributed by atoms with Gasteiger partial charge in [-0.2, -0.15) is 0 Å². The Morgan fingerprint density at radius 2 is 1.94 bits per heavy atom. The zero-order valence-electron chi connectivity index (χ0n) is 16.9. The van der Waals surface area contributed by atoms with Gasteiger partial charge in [0.25, 0.3) is 0 Å². The molecule has 0 aromatic heterocycles. The number of aliphatic hydroxyl groups excluding tert-OH is 5. The average molecular weight is 440 g/mol. The highest BCUT2D eigenvalue weighted by Crippen LogP contribution is 2.34. The Labute approximate surface area is 179 Å². The van der Waals surface area contributed by atoms with Gasteiger partial charge in [0.2, 0.25) is 0 Å². The molecule has 0 bridgehead atoms. The van der Waals surface area contributed by atoms with Crippen LogP contribution in [0, 0.1) is 5.92 Å². The van der Waals surface area contributed by atoms with Crippen molar-refractivity contribution in [3.05, 3.63) is 35.5 Å². The Kier molecular flexibility index (Phi) is 7.76. The second-order valence-corrected chi connectivity index (χ2v) is 7.96. The van der Waals surface area contributed by atoms with E-state index in [0.29, 0.717) is 30.3 Å². The van der Waals surface area contributed by atoms with Crippen molar-refractivity contribution >= 4 is 12.3 Å². The van der Waals surface area contributed by atoms with Crippen LogP contribution in [0.1, 0.15) is 19.3 Å². The highest BCUT2D eigenvalue weighted by atomic mass is 16.7. The van der Waals surface area contributed by atoms with Crippen LogP contribution in [0.15, 0.2) is 35.5 Å². The van der Waals surface area contributed by atoms with E-state index >= 15 is 0 Å². The van der Waals surface area contributed by atoms with Gasteiger partial charge in [0.15, 0.2) is 6.29 Å². The molecule has 3 aliphatic rings. The molecule has 0 aromatic rings. The molecule has 172 valence electrons. The van der Waals surface area contributed by atoms with Gasteiger partial charge in [-0.1, -0.05) is 12.7 Å². The minimum absolute atomic E-state index is 0.0743. The average Bonchev–Trinajstić information content (AvgIpc) is 3.03. The van der Waals surface area contributed by atoms with Crippen molar-refractivity contribution in [2.24, 2.45) is 5.92 Å². The summed E-state index contributed by atoms with van der Waals surface area (Å²) in [7, 11) is 0. The first kappa shape index (κ1) is 23.7. The van der Waals surface area contributed by atoms with E-state index in [4.69, 9.17) is 14.2 Å². The molecule has 0 amide bonds. The largest absolute Gasteiger partial charge is 0.454 e. The number of allylic oxidation sites excluding steroid dienone is 1. The molecule has 1 aliphatic carbocycles. The van der Waals surface area contributed by atoms with Crippen molar-refractivity contribution in [2.45, 2.75) is 62.2 Å². The van der Waals surface area contributed by atoms with Crippen molar-refractivity contribution < 1.29 is 49.3 Å². The summed E-state index contributed by atoms with van der Waals surface area (Å²) in [6.45, 7) is 3.04. The molecule has 10 heteroatoms. The molecule has 0 radical (unpaired) electrons. The Morgan fingerprint density at radius 3 is 2.61 bits per heavy atom. The molecule has 0 saturated carbocycles. The second-order valence-electron chi connectivity index (χ2n) is 7.96. The van der Waals surface area contributed by atoms with Crippen molar-refractivity contribution in [1.29, 1.82) is 0 Å². The molecule has 3 rings (SSSR count). The fourth-order valence-corrected chi connectivity index (χ4v) is 4.02. The van der Waals surface area contributed by atoms with Crippen LogP contribution < -0.4 is 0 Å². The van der Waals surface area contributed by atoms with Crippen molar-refractivity contribution in [2.75, 3.05) is 13.2 Å². The summed E-state index contributed by atoms with van der Waals surface area (Å²) < 4.78 is 16.3. The molecule has 10 nitrogen and oxygen atoms in total. The van der Waals surface area contributed by atoms with E-state index in [9.17, 15) is 35.1 Å². The lowest BCUT2D eigenvalue weighted by atomic mass is 9.85. The maximum absolute atomic E-state index is 12.0. The Bertz CT molecular complexity index is 757. The number of hydrogen-bond acceptors (Lipinski definition) is 10. The van der Waals surface area contributed by atoms with Crippen molar-refractivity contribution in [1.82, 2.24) is 0 Å². The van der Waals surface area contributed by atoms with Crippen LogP contribution in [-0.2, 0) is 23.8 Å². The van der Waals surface area contributed by atoms with Crippen LogP contribution in [0.3, 0.4) is 0 Å². The van der Waals surface area contributed by atoms with E-state index in [2.05, 4.69) is 6.58 Å². The van der Waals surface area contributed by atoms with Gasteiger partial charge in [-0.15, -0.1) is 0 Å². The maximum Gasteiger partial charge on any atom is 0.334 e. The third kappa shape index (κ3) is 5.12. The SMILES string of the molecule is C=C1C(=O)O[C@H]2/C=C(/CO[C@@H]3O[C@H](CO)[C@@H](O)[C@H](O)[C@H]3O)CC/C=C(/C=O)C[C@H](O)[C@@H]12. The first-order valence-corrected chi connectivity index (χ1v) is 10.1. The molecule has 8 atom stereocenters. The van der Waals surface area contributed by atoms with Gasteiger partial charge in [-0.05, 0) is 30.1 Å². The van der Waals surface area contributed by atoms with Gasteiger partial charge in [0.1, 0.15) is 36.8 Å². The van der Waals surface area contributed by atoms with E-state index in [1.54, 1.807) is 12.2 Å². The van der Waals surface area contributed by atoms with Gasteiger partial charge in [0.05, 0.1) is 25.2 Å². The third-order valence-electron chi connectivity index (χ3n) is 5.83. The van der Waals surface area contributed by atoms with Crippen LogP contribution in [0.4, 0.5) is 0 Å². The number of rotatable bonds is 5. The lowest BCUT2D eigenvalue weighted by Crippen LogP contribution is -2.59. The van der Waals surface area contributed by atoms with Gasteiger partial charge in [-0.3, -0.25) is 4.79 Å². The van der Waals surface area contributed by atoms with Crippen LogP contribution in [0.25, 0.3) is 0 Å². The lowest BCUT2D eigenvalue weighted by molar-refractivity contribution is -0.299. The van der Waals surface area contributed by atoms with Gasteiger partial charge in [0, 0.05) is 12.0 Å². The monoisotopic (exact) mass is 440 g/mol. The fourth-order valence-electron chi connectivity index (χ4n) is 4.02. The molecule has 2 aliphatic heterocycles. The first-order valence-electron chi connectivity index (χ1n) is 10.1. The number of esters is 1. The quantitative estimate of drug-likeness (QED) is 0.147. The summed E-state index contributed by atoms with van der Waals surface area (Å²) in [5.74, 6) is -1.36. The van der Waals surface area contributed by atoms with Crippen LogP contribution in [0.2, 0.25) is 0 Å². The fraction of sp³-hybridized carbons (Fsp3) is 0.619. The summed E-state index contributed by atoms with van der Waals surface area (Å²) >= 11 is 0. The van der Waals surface area contributed by atoms with Gasteiger partial charge < -0.3 is 39.7 Å². The molecule has 2 fully saturated rings. The molecule has 31 heavy (non-hydrogen) atoms. The molecular formula is C21H28O10. The van der Waals surface area contributed by atoms with E-state index in [0.717, 1.165) is 0 Å². The molecule has 0 spiro atoms. The topological polar surface area (TPSA) is 163 Å². The number of fused-ring (bicyclic) bond motifs is 1. The summed E-state index contributed by atoms with van der Waals surface area (Å²) in [6, 6.07) is 0. The first-order chi connectivity index (χ1) is 14.8. The highest BCUT2D eigenvalue weighted by molar-refractivity contribution is 5.91. The zero-order chi connectivity index (χ0) is 22.7. The number of aliphatic hydroxyl groups is 5. The van der Waals surface area contributed by atoms with E-state index in [1.807, 2.05) is 0 Å². The van der Waals surface area contributed by atoms with Crippen molar-refractivity contribution in [3.8, 4) is 0 Å². The standard InChI is InChI=1S/C21H28O10/c1-10-16-13(24)5-11(7-22)3-2-4-12(6-14(16)30-20(10)28)9-29-21-19(27)18(26)17(25)15(8-23)31-21/h3,6-7,13-19,21,23-27H,1-2,4-5,8-9H2/b11-3+,12-6+/t13-,14-,15+,16+,17+,18-,19+,21+/m0/s1. The summed E-state index contributed by atoms with van der Waals surface area (Å²) in [6.07, 6.45) is -3.89. The predicted octanol–water partition coefficient (Wildman–Crippen LogP) is -1.50. The van der Waals surface area contributed by atoms with E-state index in [1.165, 1.54) is 0 Å². The normalized spacial score (nSPS) is 42.6. The van der Waals surface area contributed by atoms with Crippen molar-refractivity contribution in [3.63, 3.8) is 0 Å². The smallest absolute Gasteiger partial charge is 0.334 e. The Morgan fingerprint density at radius 1 is 1.19 bits per heavy atom. The van der Waals surface area contributed by atoms with Gasteiger partial charge in [-0.25, -0.2) is 4.79 Å². The number of carbonyl (C=O) groups excluding carboxylic acids is 2. The molecule has 0 unspecified atom stereocenters. The summed E-state index contributed by atoms with van der Waals surface area (Å²) in [5.41, 5.74) is 1.16. The minimum Gasteiger partial charge on any atom is -0.454 e. The molecular weight excluding hydrogens is 412 g/mol. The zero-order valence-corrected chi connectivity index (χ0v) is 16.9. The highest BCUT2D eigenvalue weighted by Gasteiger charge is 2.45. The Hall–Kier alpha value is -1.92.